The van der Waals surface area contributed by atoms with Gasteiger partial charge < -0.3 is 19.5 Å². The minimum atomic E-state index is -4.04. The third-order valence-electron chi connectivity index (χ3n) is 5.14. The number of aromatic amines is 1. The van der Waals surface area contributed by atoms with E-state index in [0.29, 0.717) is 15.6 Å². The molecule has 15 nitrogen and oxygen atoms in total. The predicted molar refractivity (Wildman–Crippen MR) is 137 cm³/mol. The van der Waals surface area contributed by atoms with E-state index in [4.69, 9.17) is 29.4 Å². The zero-order valence-electron chi connectivity index (χ0n) is 37.3. The quantitative estimate of drug-likeness (QED) is 0.235. The summed E-state index contributed by atoms with van der Waals surface area (Å²) in [5.74, 6) is -7.98. The summed E-state index contributed by atoms with van der Waals surface area (Å²) in [6.07, 6.45) is 0.0743. The number of amides is 1. The number of carbonyl (C=O) groups is 2. The molecule has 39 heavy (non-hydrogen) atoms. The van der Waals surface area contributed by atoms with Gasteiger partial charge in [0, 0.05) is 42.5 Å². The molecule has 1 amide bonds. The van der Waals surface area contributed by atoms with Crippen molar-refractivity contribution in [2.24, 2.45) is 0 Å². The molecule has 0 unspecified atom stereocenters. The Morgan fingerprint density at radius 3 is 2.85 bits per heavy atom. The molecule has 0 radical (unpaired) electrons. The fraction of sp³-hybridized carbons (Fsp3) is 0.292. The second kappa shape index (κ2) is 9.59. The van der Waals surface area contributed by atoms with E-state index >= 15 is 0 Å². The van der Waals surface area contributed by atoms with Gasteiger partial charge in [0.25, 0.3) is 17.6 Å². The lowest BCUT2D eigenvalue weighted by molar-refractivity contribution is -0.126. The first-order chi connectivity index (χ1) is 26.0. The second-order valence-corrected chi connectivity index (χ2v) is 7.51. The largest absolute Gasteiger partial charge is 0.494 e. The molecule has 1 aliphatic rings. The first-order valence-electron chi connectivity index (χ1n) is 19.5. The number of tetrazole rings is 1. The smallest absolute Gasteiger partial charge is 0.295 e. The highest BCUT2D eigenvalue weighted by Gasteiger charge is 2.31. The number of hydrogen-bond acceptors (Lipinski definition) is 11. The number of pyridine rings is 2. The van der Waals surface area contributed by atoms with Crippen LogP contribution >= 0.6 is 0 Å². The maximum atomic E-state index is 14.1. The Balaban J connectivity index is 1.49. The number of hydrogen-bond donors (Lipinski definition) is 1. The maximum absolute atomic E-state index is 14.1. The van der Waals surface area contributed by atoms with Crippen LogP contribution in [0.15, 0.2) is 37.0 Å². The number of nitrogens with zero attached hydrogens (tertiary/aromatic N) is 11. The summed E-state index contributed by atoms with van der Waals surface area (Å²) in [5, 5.41) is 13.5. The van der Waals surface area contributed by atoms with E-state index in [0.717, 1.165) is 6.20 Å². The average Bonchev–Trinajstić information content (AvgIpc) is 3.83. The van der Waals surface area contributed by atoms with Crippen LogP contribution in [-0.2, 0) is 4.79 Å². The summed E-state index contributed by atoms with van der Waals surface area (Å²) in [7, 11) is -3.24. The summed E-state index contributed by atoms with van der Waals surface area (Å²) in [5.41, 5.74) is -1.37. The Morgan fingerprint density at radius 1 is 1.18 bits per heavy atom. The van der Waals surface area contributed by atoms with E-state index in [1.54, 1.807) is 0 Å². The van der Waals surface area contributed by atoms with Gasteiger partial charge in [-0.3, -0.25) is 9.59 Å². The molecule has 1 saturated heterocycles. The Morgan fingerprint density at radius 2 is 2.05 bits per heavy atom. The molecule has 0 aliphatic carbocycles. The van der Waals surface area contributed by atoms with Crippen LogP contribution in [0.3, 0.4) is 0 Å². The van der Waals surface area contributed by atoms with Crippen molar-refractivity contribution in [3.63, 3.8) is 0 Å². The molecule has 5 aromatic rings. The fourth-order valence-corrected chi connectivity index (χ4v) is 3.43. The summed E-state index contributed by atoms with van der Waals surface area (Å²) < 4.78 is 154. The molecule has 1 fully saturated rings. The van der Waals surface area contributed by atoms with Crippen LogP contribution in [0.2, 0.25) is 0 Å². The van der Waals surface area contributed by atoms with Gasteiger partial charge >= 0.3 is 0 Å². The fourth-order valence-electron chi connectivity index (χ4n) is 3.43. The lowest BCUT2D eigenvalue weighted by Gasteiger charge is -2.34. The summed E-state index contributed by atoms with van der Waals surface area (Å²) in [4.78, 5) is 41.2. The minimum Gasteiger partial charge on any atom is -0.494 e. The van der Waals surface area contributed by atoms with Gasteiger partial charge in [-0.2, -0.15) is 9.78 Å². The molecule has 0 saturated carbocycles. The molecule has 0 atom stereocenters. The van der Waals surface area contributed by atoms with Crippen LogP contribution in [0.5, 0.6) is 5.75 Å². The van der Waals surface area contributed by atoms with Crippen LogP contribution in [0, 0.1) is 13.8 Å². The highest BCUT2D eigenvalue weighted by molar-refractivity contribution is 6.45. The van der Waals surface area contributed by atoms with Gasteiger partial charge in [0.05, 0.1) is 48.9 Å². The number of ether oxygens (including phenoxy) is 1. The van der Waals surface area contributed by atoms with E-state index in [1.807, 2.05) is 0 Å². The number of anilines is 1. The zero-order valence-corrected chi connectivity index (χ0v) is 19.3. The van der Waals surface area contributed by atoms with E-state index in [2.05, 4.69) is 40.6 Å². The molecule has 0 spiro atoms. The first-order valence-corrected chi connectivity index (χ1v) is 10.5. The molecular weight excluding hydrogens is 504 g/mol. The Labute approximate surface area is 246 Å². The van der Waals surface area contributed by atoms with E-state index < -0.39 is 127 Å². The van der Waals surface area contributed by atoms with Gasteiger partial charge in [-0.05, 0) is 35.8 Å². The lowest BCUT2D eigenvalue weighted by atomic mass is 10.1. The van der Waals surface area contributed by atoms with Crippen molar-refractivity contribution < 1.29 is 39.0 Å². The number of methoxy groups -OCH3 is 1. The number of carbonyl (C=O) groups excluding carboxylic acids is 2. The number of nitrogens with one attached hydrogen (secondary N) is 1. The third kappa shape index (κ3) is 4.22. The molecule has 0 bridgehead atoms. The Kier molecular flexibility index (Phi) is 2.77. The van der Waals surface area contributed by atoms with E-state index in [1.165, 1.54) is 6.92 Å². The van der Waals surface area contributed by atoms with Crippen molar-refractivity contribution in [2.45, 2.75) is 13.8 Å². The van der Waals surface area contributed by atoms with Crippen molar-refractivity contribution in [3.05, 3.63) is 53.9 Å². The number of aromatic nitrogens is 10. The summed E-state index contributed by atoms with van der Waals surface area (Å²) in [6.45, 7) is -17.5. The zero-order chi connectivity index (χ0) is 42.7. The average molecular weight is 547 g/mol. The van der Waals surface area contributed by atoms with Crippen molar-refractivity contribution in [3.8, 4) is 17.4 Å². The van der Waals surface area contributed by atoms with E-state index in [9.17, 15) is 9.59 Å². The number of fused-ring (bicyclic) bond motifs is 1. The topological polar surface area (TPSA) is 166 Å². The number of H-pyrrole nitrogens is 1. The van der Waals surface area contributed by atoms with Gasteiger partial charge in [-0.1, -0.05) is 11.1 Å². The van der Waals surface area contributed by atoms with Crippen LogP contribution in [-0.4, -0.2) is 99.5 Å². The number of aryl methyl sites for hydroxylation is 1. The molecule has 15 heteroatoms. The van der Waals surface area contributed by atoms with Crippen LogP contribution in [0.25, 0.3) is 22.5 Å². The van der Waals surface area contributed by atoms with Crippen LogP contribution < -0.4 is 9.64 Å². The second-order valence-electron chi connectivity index (χ2n) is 7.51. The molecule has 1 aliphatic heterocycles. The van der Waals surface area contributed by atoms with Crippen molar-refractivity contribution in [2.75, 3.05) is 37.9 Å². The van der Waals surface area contributed by atoms with Crippen molar-refractivity contribution >= 4 is 28.5 Å². The number of piperazine rings is 1. The van der Waals surface area contributed by atoms with Crippen molar-refractivity contribution in [1.82, 2.24) is 54.8 Å². The molecule has 5 aromatic heterocycles. The molecule has 6 heterocycles. The normalized spacial score (nSPS) is 26.3. The van der Waals surface area contributed by atoms with Gasteiger partial charge in [-0.25, -0.2) is 19.6 Å². The molecule has 6 rings (SSSR count). The highest BCUT2D eigenvalue weighted by Crippen LogP contribution is 2.32. The summed E-state index contributed by atoms with van der Waals surface area (Å²) in [6, 6.07) is -1.28. The van der Waals surface area contributed by atoms with Crippen LogP contribution in [0.1, 0.15) is 46.4 Å². The van der Waals surface area contributed by atoms with Gasteiger partial charge in [0.15, 0.2) is 11.6 Å². The van der Waals surface area contributed by atoms with Gasteiger partial charge in [0.1, 0.15) is 19.2 Å². The Bertz CT molecular complexity index is 2440. The summed E-state index contributed by atoms with van der Waals surface area (Å²) >= 11 is 0. The van der Waals surface area contributed by atoms with Crippen molar-refractivity contribution in [1.29, 1.82) is 0 Å². The van der Waals surface area contributed by atoms with Gasteiger partial charge in [-0.15, -0.1) is 0 Å². The number of rotatable bonds is 6. The van der Waals surface area contributed by atoms with Gasteiger partial charge in [0.2, 0.25) is 0 Å². The lowest BCUT2D eigenvalue weighted by Crippen LogP contribution is -2.51. The first kappa shape index (κ1) is 11.3. The predicted octanol–water partition coefficient (Wildman–Crippen LogP) is 0.671. The SMILES string of the molecule is [2H]c1nc(-n2nnnc2N2C([2H])([2H])C([2H])([2H])N(C(=O)C(=O)c3c[nH]c4c(-n5nc(C([2H])([2H])[2H])nc5[2H])ncc(OC([2H])([2H])[2H])c34)C([2H])([2H])C2([2H])[2H])c([2H])c([2H])c1C. The standard InChI is InChI=1S/C24H24N12O3/c1-14-4-5-18(25-10-14)36-24(29-31-32-36)34-8-6-33(7-9-34)23(38)21(37)16-11-26-20-19(16)17(39-3)12-27-22(20)35-13-28-15(2)30-35/h4-5,10-13,26H,6-9H2,1-3H3/i2D3,3D3,4D,5D,6D2,7D2,8D2,9D2,10D,13D. The molecule has 1 N–H and O–H groups in total. The monoisotopic (exact) mass is 546 g/mol. The third-order valence-corrected chi connectivity index (χ3v) is 5.14. The van der Waals surface area contributed by atoms with Crippen LogP contribution in [0.4, 0.5) is 5.95 Å². The Hall–Kier alpha value is -5.21. The minimum absolute atomic E-state index is 0.0598. The number of ketones is 1. The highest BCUT2D eigenvalue weighted by atomic mass is 16.5. The molecular formula is C24H24N12O3. The van der Waals surface area contributed by atoms with E-state index in [-0.39, 0.29) is 10.5 Å². The number of Topliss-reactive ketones (excluding diaryl/α,β-unsaturated/α-hetero) is 1. The molecule has 198 valence electrons. The molecule has 0 aromatic carbocycles. The maximum Gasteiger partial charge on any atom is 0.295 e.